The van der Waals surface area contributed by atoms with Crippen molar-refractivity contribution in [2.75, 3.05) is 0 Å². The molecule has 1 aliphatic rings. The second-order valence-corrected chi connectivity index (χ2v) is 4.91. The summed E-state index contributed by atoms with van der Waals surface area (Å²) in [6.07, 6.45) is 3.35. The summed E-state index contributed by atoms with van der Waals surface area (Å²) in [4.78, 5) is 11.1. The van der Waals surface area contributed by atoms with Crippen LogP contribution in [0.2, 0.25) is 0 Å². The molecule has 92 valence electrons. The Morgan fingerprint density at radius 1 is 1.47 bits per heavy atom. The van der Waals surface area contributed by atoms with Gasteiger partial charge in [0, 0.05) is 0 Å². The Hall–Kier alpha value is -1.38. The zero-order valence-electron chi connectivity index (χ0n) is 9.95. The fourth-order valence-corrected chi connectivity index (χ4v) is 2.75. The number of halogens is 1. The van der Waals surface area contributed by atoms with E-state index in [0.29, 0.717) is 6.42 Å². The van der Waals surface area contributed by atoms with Gasteiger partial charge in [-0.15, -0.1) is 0 Å². The van der Waals surface area contributed by atoms with Crippen molar-refractivity contribution in [3.8, 4) is 0 Å². The van der Waals surface area contributed by atoms with Crippen molar-refractivity contribution in [1.29, 1.82) is 0 Å². The summed E-state index contributed by atoms with van der Waals surface area (Å²) in [5, 5.41) is 9.11. The molecule has 0 aliphatic heterocycles. The van der Waals surface area contributed by atoms with E-state index in [0.717, 1.165) is 30.4 Å². The largest absolute Gasteiger partial charge is 0.481 e. The van der Waals surface area contributed by atoms with Crippen LogP contribution in [0.25, 0.3) is 0 Å². The second kappa shape index (κ2) is 4.86. The van der Waals surface area contributed by atoms with E-state index >= 15 is 0 Å². The molecule has 3 heteroatoms. The maximum Gasteiger partial charge on any atom is 0.306 e. The Bertz CT molecular complexity index is 428. The molecule has 0 heterocycles. The molecule has 2 rings (SSSR count). The highest BCUT2D eigenvalue weighted by molar-refractivity contribution is 5.70. The molecule has 1 aromatic rings. The van der Waals surface area contributed by atoms with Crippen LogP contribution < -0.4 is 0 Å². The second-order valence-electron chi connectivity index (χ2n) is 4.91. The molecular weight excluding hydrogens is 219 g/mol. The minimum atomic E-state index is -0.707. The van der Waals surface area contributed by atoms with Gasteiger partial charge in [-0.05, 0) is 55.4 Å². The normalized spacial score (nSPS) is 23.9. The highest BCUT2D eigenvalue weighted by Crippen LogP contribution is 2.35. The van der Waals surface area contributed by atoms with E-state index in [1.807, 2.05) is 6.92 Å². The minimum Gasteiger partial charge on any atom is -0.481 e. The Morgan fingerprint density at radius 2 is 2.24 bits per heavy atom. The van der Waals surface area contributed by atoms with Crippen molar-refractivity contribution in [1.82, 2.24) is 0 Å². The third-order valence-electron chi connectivity index (χ3n) is 3.77. The van der Waals surface area contributed by atoms with Gasteiger partial charge in [-0.2, -0.15) is 0 Å². The molecule has 2 unspecified atom stereocenters. The van der Waals surface area contributed by atoms with E-state index in [4.69, 9.17) is 5.11 Å². The average Bonchev–Trinajstić information content (AvgIpc) is 2.71. The number of carboxylic acids is 1. The van der Waals surface area contributed by atoms with Gasteiger partial charge in [0.05, 0.1) is 5.92 Å². The quantitative estimate of drug-likeness (QED) is 0.875. The number of aliphatic carboxylic acids is 1. The summed E-state index contributed by atoms with van der Waals surface area (Å²) in [5.41, 5.74) is 1.99. The third-order valence-corrected chi connectivity index (χ3v) is 3.77. The smallest absolute Gasteiger partial charge is 0.306 e. The van der Waals surface area contributed by atoms with Crippen molar-refractivity contribution in [2.24, 2.45) is 11.8 Å². The van der Waals surface area contributed by atoms with E-state index in [2.05, 4.69) is 0 Å². The average molecular weight is 236 g/mol. The summed E-state index contributed by atoms with van der Waals surface area (Å²) in [5.74, 6) is -1.04. The Kier molecular flexibility index (Phi) is 3.46. The highest BCUT2D eigenvalue weighted by atomic mass is 19.1. The monoisotopic (exact) mass is 236 g/mol. The van der Waals surface area contributed by atoms with E-state index in [-0.39, 0.29) is 17.7 Å². The number of aryl methyl sites for hydroxylation is 1. The van der Waals surface area contributed by atoms with Gasteiger partial charge in [0.2, 0.25) is 0 Å². The zero-order valence-corrected chi connectivity index (χ0v) is 9.95. The van der Waals surface area contributed by atoms with Crippen LogP contribution in [0.4, 0.5) is 4.39 Å². The number of carboxylic acid groups (broad SMARTS) is 1. The standard InChI is InChI=1S/C14H17FO2/c1-9-5-6-12(15)8-11(9)7-10-3-2-4-13(10)14(16)17/h5-6,8,10,13H,2-4,7H2,1H3,(H,16,17). The maximum atomic E-state index is 13.2. The summed E-state index contributed by atoms with van der Waals surface area (Å²) >= 11 is 0. The molecule has 1 saturated carbocycles. The predicted molar refractivity (Wildman–Crippen MR) is 63.3 cm³/mol. The van der Waals surface area contributed by atoms with Crippen molar-refractivity contribution in [2.45, 2.75) is 32.6 Å². The van der Waals surface area contributed by atoms with Crippen LogP contribution in [0, 0.1) is 24.6 Å². The first-order chi connectivity index (χ1) is 8.08. The van der Waals surface area contributed by atoms with Crippen molar-refractivity contribution in [3.63, 3.8) is 0 Å². The SMILES string of the molecule is Cc1ccc(F)cc1CC1CCCC1C(=O)O. The number of benzene rings is 1. The van der Waals surface area contributed by atoms with Gasteiger partial charge in [-0.25, -0.2) is 4.39 Å². The molecule has 1 fully saturated rings. The summed E-state index contributed by atoms with van der Waals surface area (Å²) in [6, 6.07) is 4.74. The van der Waals surface area contributed by atoms with Crippen LogP contribution >= 0.6 is 0 Å². The fraction of sp³-hybridized carbons (Fsp3) is 0.500. The van der Waals surface area contributed by atoms with Gasteiger partial charge in [-0.1, -0.05) is 12.5 Å². The van der Waals surface area contributed by atoms with Crippen LogP contribution in [0.15, 0.2) is 18.2 Å². The Balaban J connectivity index is 2.15. The van der Waals surface area contributed by atoms with Gasteiger partial charge in [-0.3, -0.25) is 4.79 Å². The number of hydrogen-bond acceptors (Lipinski definition) is 1. The lowest BCUT2D eigenvalue weighted by Crippen LogP contribution is -2.20. The van der Waals surface area contributed by atoms with Crippen LogP contribution in [-0.4, -0.2) is 11.1 Å². The Labute approximate surface area is 100 Å². The molecule has 1 aromatic carbocycles. The molecule has 17 heavy (non-hydrogen) atoms. The van der Waals surface area contributed by atoms with Gasteiger partial charge < -0.3 is 5.11 Å². The molecule has 0 saturated heterocycles. The minimum absolute atomic E-state index is 0.160. The number of carbonyl (C=O) groups is 1. The topological polar surface area (TPSA) is 37.3 Å². The lowest BCUT2D eigenvalue weighted by Gasteiger charge is -2.17. The van der Waals surface area contributed by atoms with Gasteiger partial charge in [0.15, 0.2) is 0 Å². The zero-order chi connectivity index (χ0) is 12.4. The molecule has 0 spiro atoms. The van der Waals surface area contributed by atoms with Crippen LogP contribution in [0.3, 0.4) is 0 Å². The number of hydrogen-bond donors (Lipinski definition) is 1. The lowest BCUT2D eigenvalue weighted by molar-refractivity contribution is -0.142. The van der Waals surface area contributed by atoms with Crippen molar-refractivity contribution < 1.29 is 14.3 Å². The molecule has 0 radical (unpaired) electrons. The first kappa shape index (κ1) is 12.1. The highest BCUT2D eigenvalue weighted by Gasteiger charge is 2.32. The van der Waals surface area contributed by atoms with Gasteiger partial charge in [0.25, 0.3) is 0 Å². The first-order valence-corrected chi connectivity index (χ1v) is 6.06. The molecule has 0 bridgehead atoms. The van der Waals surface area contributed by atoms with E-state index in [1.54, 1.807) is 6.07 Å². The van der Waals surface area contributed by atoms with Gasteiger partial charge in [0.1, 0.15) is 5.82 Å². The molecule has 2 nitrogen and oxygen atoms in total. The lowest BCUT2D eigenvalue weighted by atomic mass is 9.88. The van der Waals surface area contributed by atoms with Crippen LogP contribution in [0.1, 0.15) is 30.4 Å². The summed E-state index contributed by atoms with van der Waals surface area (Å²) in [6.45, 7) is 1.94. The molecule has 0 aromatic heterocycles. The van der Waals surface area contributed by atoms with Gasteiger partial charge >= 0.3 is 5.97 Å². The first-order valence-electron chi connectivity index (χ1n) is 6.06. The van der Waals surface area contributed by atoms with Crippen molar-refractivity contribution >= 4 is 5.97 Å². The van der Waals surface area contributed by atoms with Crippen molar-refractivity contribution in [3.05, 3.63) is 35.1 Å². The summed E-state index contributed by atoms with van der Waals surface area (Å²) < 4.78 is 13.2. The molecule has 0 amide bonds. The van der Waals surface area contributed by atoms with Crippen LogP contribution in [-0.2, 0) is 11.2 Å². The Morgan fingerprint density at radius 3 is 2.94 bits per heavy atom. The number of rotatable bonds is 3. The molecule has 1 N–H and O–H groups in total. The maximum absolute atomic E-state index is 13.2. The third kappa shape index (κ3) is 2.65. The van der Waals surface area contributed by atoms with Crippen LogP contribution in [0.5, 0.6) is 0 Å². The van der Waals surface area contributed by atoms with E-state index < -0.39 is 5.97 Å². The summed E-state index contributed by atoms with van der Waals surface area (Å²) in [7, 11) is 0. The molecular formula is C14H17FO2. The predicted octanol–water partition coefficient (Wildman–Crippen LogP) is 3.18. The molecule has 1 aliphatic carbocycles. The molecule has 2 atom stereocenters. The van der Waals surface area contributed by atoms with E-state index in [9.17, 15) is 9.18 Å². The fourth-order valence-electron chi connectivity index (χ4n) is 2.75. The van der Waals surface area contributed by atoms with E-state index in [1.165, 1.54) is 12.1 Å².